The minimum absolute atomic E-state index is 0.577. The van der Waals surface area contributed by atoms with Gasteiger partial charge in [-0.05, 0) is 30.9 Å². The zero-order valence-electron chi connectivity index (χ0n) is 7.46. The molecule has 70 valence electrons. The number of unbranched alkanes of at least 4 members (excludes halogenated alkanes) is 1. The van der Waals surface area contributed by atoms with Crippen molar-refractivity contribution in [1.29, 1.82) is 0 Å². The fourth-order valence-electron chi connectivity index (χ4n) is 1.13. The second-order valence-electron chi connectivity index (χ2n) is 2.88. The third kappa shape index (κ3) is 3.07. The number of hydrogen-bond acceptors (Lipinski definition) is 2. The van der Waals surface area contributed by atoms with Gasteiger partial charge in [-0.25, -0.2) is 4.98 Å². The summed E-state index contributed by atoms with van der Waals surface area (Å²) in [7, 11) is 0. The van der Waals surface area contributed by atoms with E-state index in [1.165, 1.54) is 0 Å². The van der Waals surface area contributed by atoms with Crippen molar-refractivity contribution in [2.75, 3.05) is 5.73 Å². The average Bonchev–Trinajstić information content (AvgIpc) is 2.11. The summed E-state index contributed by atoms with van der Waals surface area (Å²) in [5.41, 5.74) is 6.70. The number of anilines is 1. The van der Waals surface area contributed by atoms with Gasteiger partial charge in [0.2, 0.25) is 0 Å². The number of aryl methyl sites for hydroxylation is 1. The van der Waals surface area contributed by atoms with Gasteiger partial charge in [0.15, 0.2) is 0 Å². The van der Waals surface area contributed by atoms with Crippen LogP contribution in [-0.4, -0.2) is 4.98 Å². The molecule has 0 amide bonds. The number of pyridine rings is 1. The second kappa shape index (κ2) is 4.87. The molecule has 1 rings (SSSR count). The first-order valence-electron chi connectivity index (χ1n) is 4.25. The molecule has 0 bridgehead atoms. The van der Waals surface area contributed by atoms with Gasteiger partial charge in [-0.1, -0.05) is 17.7 Å². The van der Waals surface area contributed by atoms with E-state index in [4.69, 9.17) is 17.3 Å². The molecule has 0 fully saturated rings. The van der Waals surface area contributed by atoms with Gasteiger partial charge < -0.3 is 5.73 Å². The van der Waals surface area contributed by atoms with E-state index >= 15 is 0 Å². The molecule has 1 heterocycles. The topological polar surface area (TPSA) is 38.9 Å². The highest BCUT2D eigenvalue weighted by atomic mass is 35.5. The van der Waals surface area contributed by atoms with Crippen molar-refractivity contribution in [2.24, 2.45) is 0 Å². The number of rotatable bonds is 4. The SMILES string of the molecule is C=CCCCc1cc(Cl)cnc1N. The number of nitrogen functional groups attached to an aromatic ring is 1. The second-order valence-corrected chi connectivity index (χ2v) is 3.32. The average molecular weight is 197 g/mol. The Balaban J connectivity index is 2.64. The Kier molecular flexibility index (Phi) is 3.77. The van der Waals surface area contributed by atoms with Gasteiger partial charge in [0.1, 0.15) is 5.82 Å². The number of aromatic nitrogens is 1. The van der Waals surface area contributed by atoms with Gasteiger partial charge in [0.05, 0.1) is 5.02 Å². The van der Waals surface area contributed by atoms with Gasteiger partial charge in [0, 0.05) is 6.20 Å². The van der Waals surface area contributed by atoms with Crippen molar-refractivity contribution in [3.63, 3.8) is 0 Å². The van der Waals surface area contributed by atoms with Gasteiger partial charge in [-0.15, -0.1) is 6.58 Å². The summed E-state index contributed by atoms with van der Waals surface area (Å²) in [6.07, 6.45) is 6.40. The molecule has 0 saturated heterocycles. The lowest BCUT2D eigenvalue weighted by atomic mass is 10.1. The zero-order chi connectivity index (χ0) is 9.68. The smallest absolute Gasteiger partial charge is 0.126 e. The fourth-order valence-corrected chi connectivity index (χ4v) is 1.31. The zero-order valence-corrected chi connectivity index (χ0v) is 8.22. The van der Waals surface area contributed by atoms with E-state index in [0.717, 1.165) is 24.8 Å². The maximum Gasteiger partial charge on any atom is 0.126 e. The Morgan fingerprint density at radius 2 is 2.38 bits per heavy atom. The Bertz CT molecular complexity index is 297. The first-order valence-corrected chi connectivity index (χ1v) is 4.62. The molecular formula is C10H13ClN2. The van der Waals surface area contributed by atoms with Crippen molar-refractivity contribution >= 4 is 17.4 Å². The van der Waals surface area contributed by atoms with Crippen LogP contribution in [0.2, 0.25) is 5.02 Å². The fraction of sp³-hybridized carbons (Fsp3) is 0.300. The van der Waals surface area contributed by atoms with Crippen LogP contribution >= 0.6 is 11.6 Å². The normalized spacial score (nSPS) is 9.92. The molecule has 0 atom stereocenters. The van der Waals surface area contributed by atoms with Crippen LogP contribution < -0.4 is 5.73 Å². The molecule has 0 unspecified atom stereocenters. The summed E-state index contributed by atoms with van der Waals surface area (Å²) in [6.45, 7) is 3.66. The maximum absolute atomic E-state index is 5.79. The third-order valence-corrected chi connectivity index (χ3v) is 2.03. The largest absolute Gasteiger partial charge is 0.383 e. The highest BCUT2D eigenvalue weighted by molar-refractivity contribution is 6.30. The van der Waals surface area contributed by atoms with Gasteiger partial charge in [0.25, 0.3) is 0 Å². The highest BCUT2D eigenvalue weighted by Gasteiger charge is 2.00. The van der Waals surface area contributed by atoms with Crippen molar-refractivity contribution in [3.05, 3.63) is 35.5 Å². The first kappa shape index (κ1) is 10.1. The van der Waals surface area contributed by atoms with Crippen LogP contribution in [-0.2, 0) is 6.42 Å². The summed E-state index contributed by atoms with van der Waals surface area (Å²) in [4.78, 5) is 3.98. The molecule has 0 aliphatic rings. The molecule has 1 aromatic heterocycles. The molecule has 0 aliphatic carbocycles. The molecular weight excluding hydrogens is 184 g/mol. The lowest BCUT2D eigenvalue weighted by molar-refractivity contribution is 0.842. The first-order chi connectivity index (χ1) is 6.24. The lowest BCUT2D eigenvalue weighted by Gasteiger charge is -2.03. The monoisotopic (exact) mass is 196 g/mol. The van der Waals surface area contributed by atoms with Crippen molar-refractivity contribution in [3.8, 4) is 0 Å². The number of nitrogens with zero attached hydrogens (tertiary/aromatic N) is 1. The van der Waals surface area contributed by atoms with E-state index in [9.17, 15) is 0 Å². The summed E-state index contributed by atoms with van der Waals surface area (Å²) in [6, 6.07) is 1.87. The number of allylic oxidation sites excluding steroid dienone is 1. The van der Waals surface area contributed by atoms with Crippen LogP contribution in [0.25, 0.3) is 0 Å². The molecule has 1 aromatic rings. The van der Waals surface area contributed by atoms with Crippen LogP contribution in [0.1, 0.15) is 18.4 Å². The van der Waals surface area contributed by atoms with E-state index in [-0.39, 0.29) is 0 Å². The van der Waals surface area contributed by atoms with Gasteiger partial charge in [-0.2, -0.15) is 0 Å². The minimum atomic E-state index is 0.577. The van der Waals surface area contributed by atoms with Gasteiger partial charge >= 0.3 is 0 Å². The van der Waals surface area contributed by atoms with Crippen molar-refractivity contribution in [1.82, 2.24) is 4.98 Å². The number of halogens is 1. The molecule has 0 saturated carbocycles. The predicted octanol–water partition coefficient (Wildman–Crippen LogP) is 2.83. The molecule has 0 radical (unpaired) electrons. The molecule has 0 aromatic carbocycles. The van der Waals surface area contributed by atoms with Crippen LogP contribution in [0.5, 0.6) is 0 Å². The van der Waals surface area contributed by atoms with Gasteiger partial charge in [-0.3, -0.25) is 0 Å². The van der Waals surface area contributed by atoms with Crippen molar-refractivity contribution < 1.29 is 0 Å². The Labute approximate surface area is 83.4 Å². The number of hydrogen-bond donors (Lipinski definition) is 1. The van der Waals surface area contributed by atoms with Crippen LogP contribution in [0.3, 0.4) is 0 Å². The number of nitrogens with two attached hydrogens (primary N) is 1. The standard InChI is InChI=1S/C10H13ClN2/c1-2-3-4-5-8-6-9(11)7-13-10(8)12/h2,6-7H,1,3-5H2,(H2,12,13). The van der Waals surface area contributed by atoms with Crippen molar-refractivity contribution in [2.45, 2.75) is 19.3 Å². The summed E-state index contributed by atoms with van der Waals surface area (Å²) < 4.78 is 0. The Morgan fingerprint density at radius 1 is 1.62 bits per heavy atom. The quantitative estimate of drug-likeness (QED) is 0.594. The van der Waals surface area contributed by atoms with Crippen LogP contribution in [0, 0.1) is 0 Å². The van der Waals surface area contributed by atoms with E-state index in [0.29, 0.717) is 10.8 Å². The Morgan fingerprint density at radius 3 is 3.08 bits per heavy atom. The summed E-state index contributed by atoms with van der Waals surface area (Å²) in [5, 5.41) is 0.641. The summed E-state index contributed by atoms with van der Waals surface area (Å²) >= 11 is 5.79. The summed E-state index contributed by atoms with van der Waals surface area (Å²) in [5.74, 6) is 0.577. The highest BCUT2D eigenvalue weighted by Crippen LogP contribution is 2.16. The lowest BCUT2D eigenvalue weighted by Crippen LogP contribution is -1.97. The molecule has 0 spiro atoms. The van der Waals surface area contributed by atoms with E-state index < -0.39 is 0 Å². The Hall–Kier alpha value is -1.02. The molecule has 0 aliphatic heterocycles. The molecule has 2 N–H and O–H groups in total. The van der Waals surface area contributed by atoms with Crippen LogP contribution in [0.15, 0.2) is 24.9 Å². The molecule has 13 heavy (non-hydrogen) atoms. The van der Waals surface area contributed by atoms with E-state index in [1.807, 2.05) is 12.1 Å². The van der Waals surface area contributed by atoms with E-state index in [1.54, 1.807) is 6.20 Å². The maximum atomic E-state index is 5.79. The predicted molar refractivity (Wildman–Crippen MR) is 56.8 cm³/mol. The molecule has 3 heteroatoms. The minimum Gasteiger partial charge on any atom is -0.383 e. The third-order valence-electron chi connectivity index (χ3n) is 1.82. The molecule has 2 nitrogen and oxygen atoms in total. The van der Waals surface area contributed by atoms with Crippen LogP contribution in [0.4, 0.5) is 5.82 Å². The van der Waals surface area contributed by atoms with E-state index in [2.05, 4.69) is 11.6 Å².